The minimum atomic E-state index is -0.235. The molecule has 0 saturated heterocycles. The Labute approximate surface area is 158 Å². The van der Waals surface area contributed by atoms with Crippen molar-refractivity contribution >= 4 is 40.5 Å². The molecule has 0 spiro atoms. The summed E-state index contributed by atoms with van der Waals surface area (Å²) in [5, 5.41) is 15.9. The number of phenols is 1. The first-order chi connectivity index (χ1) is 11.7. The number of phenolic OH excluding ortho intramolecular Hbond substituents is 1. The van der Waals surface area contributed by atoms with E-state index in [1.807, 2.05) is 51.1 Å². The number of carbonyl (C=O) groups is 1. The van der Waals surface area contributed by atoms with Crippen LogP contribution in [-0.4, -0.2) is 16.1 Å². The quantitative estimate of drug-likeness (QED) is 0.549. The zero-order valence-electron chi connectivity index (χ0n) is 14.4. The van der Waals surface area contributed by atoms with E-state index in [0.29, 0.717) is 5.69 Å². The van der Waals surface area contributed by atoms with Gasteiger partial charge in [0.25, 0.3) is 0 Å². The fourth-order valence-electron chi connectivity index (χ4n) is 2.23. The number of thiocarbonyl (C=S) groups is 1. The van der Waals surface area contributed by atoms with Crippen molar-refractivity contribution in [2.75, 3.05) is 5.32 Å². The van der Waals surface area contributed by atoms with Crippen molar-refractivity contribution in [3.8, 4) is 5.75 Å². The van der Waals surface area contributed by atoms with Gasteiger partial charge in [0.1, 0.15) is 0 Å². The lowest BCUT2D eigenvalue weighted by atomic mass is 9.87. The third-order valence-corrected chi connectivity index (χ3v) is 4.13. The molecule has 132 valence electrons. The van der Waals surface area contributed by atoms with E-state index in [-0.39, 0.29) is 33.6 Å². The molecule has 0 aliphatic heterocycles. The van der Waals surface area contributed by atoms with Gasteiger partial charge in [-0.05, 0) is 40.9 Å². The highest BCUT2D eigenvalue weighted by Crippen LogP contribution is 2.37. The van der Waals surface area contributed by atoms with Crippen molar-refractivity contribution in [3.63, 3.8) is 0 Å². The molecule has 6 heteroatoms. The second kappa shape index (κ2) is 7.85. The summed E-state index contributed by atoms with van der Waals surface area (Å²) in [6, 6.07) is 12.9. The molecule has 0 atom stereocenters. The predicted molar refractivity (Wildman–Crippen MR) is 106 cm³/mol. The number of anilines is 1. The molecule has 4 nitrogen and oxygen atoms in total. The van der Waals surface area contributed by atoms with E-state index >= 15 is 0 Å². The van der Waals surface area contributed by atoms with Crippen molar-refractivity contribution in [2.45, 2.75) is 32.6 Å². The van der Waals surface area contributed by atoms with Crippen LogP contribution in [0.2, 0.25) is 5.02 Å². The van der Waals surface area contributed by atoms with Gasteiger partial charge in [-0.1, -0.05) is 62.7 Å². The fourth-order valence-corrected chi connectivity index (χ4v) is 2.68. The van der Waals surface area contributed by atoms with Crippen LogP contribution in [0.1, 0.15) is 31.9 Å². The van der Waals surface area contributed by atoms with Gasteiger partial charge in [0.05, 0.1) is 17.1 Å². The Balaban J connectivity index is 2.07. The highest BCUT2D eigenvalue weighted by molar-refractivity contribution is 7.80. The van der Waals surface area contributed by atoms with Crippen molar-refractivity contribution < 1.29 is 9.90 Å². The van der Waals surface area contributed by atoms with Crippen molar-refractivity contribution in [2.24, 2.45) is 0 Å². The number of benzene rings is 2. The summed E-state index contributed by atoms with van der Waals surface area (Å²) >= 11 is 11.3. The molecule has 2 rings (SSSR count). The van der Waals surface area contributed by atoms with Gasteiger partial charge in [-0.2, -0.15) is 0 Å². The van der Waals surface area contributed by atoms with E-state index in [1.54, 1.807) is 12.1 Å². The summed E-state index contributed by atoms with van der Waals surface area (Å²) in [4.78, 5) is 12.1. The lowest BCUT2D eigenvalue weighted by Crippen LogP contribution is -2.35. The summed E-state index contributed by atoms with van der Waals surface area (Å²) in [5.74, 6) is -0.337. The smallest absolute Gasteiger partial charge is 0.230 e. The van der Waals surface area contributed by atoms with Gasteiger partial charge in [-0.15, -0.1) is 0 Å². The average Bonchev–Trinajstić information content (AvgIpc) is 2.51. The van der Waals surface area contributed by atoms with E-state index in [0.717, 1.165) is 11.1 Å². The minimum Gasteiger partial charge on any atom is -0.504 e. The number of hydrogen-bond donors (Lipinski definition) is 3. The molecule has 2 aromatic rings. The number of hydrogen-bond acceptors (Lipinski definition) is 3. The Hall–Kier alpha value is -2.11. The molecule has 0 radical (unpaired) electrons. The predicted octanol–water partition coefficient (Wildman–Crippen LogP) is 4.40. The molecular formula is C19H21ClN2O2S. The maximum absolute atomic E-state index is 12.1. The highest BCUT2D eigenvalue weighted by Gasteiger charge is 2.19. The minimum absolute atomic E-state index is 0.102. The Morgan fingerprint density at radius 3 is 2.44 bits per heavy atom. The lowest BCUT2D eigenvalue weighted by Gasteiger charge is -2.21. The van der Waals surface area contributed by atoms with Crippen molar-refractivity contribution in [1.29, 1.82) is 0 Å². The van der Waals surface area contributed by atoms with Crippen molar-refractivity contribution in [3.05, 3.63) is 58.6 Å². The van der Waals surface area contributed by atoms with Crippen LogP contribution in [0.4, 0.5) is 5.69 Å². The Morgan fingerprint density at radius 2 is 1.84 bits per heavy atom. The zero-order chi connectivity index (χ0) is 18.6. The summed E-state index contributed by atoms with van der Waals surface area (Å²) in [6.45, 7) is 6.12. The maximum Gasteiger partial charge on any atom is 0.230 e. The first kappa shape index (κ1) is 19.2. The molecule has 25 heavy (non-hydrogen) atoms. The number of amides is 1. The highest BCUT2D eigenvalue weighted by atomic mass is 35.5. The number of halogens is 1. The molecule has 2 aromatic carbocycles. The molecule has 0 aliphatic rings. The lowest BCUT2D eigenvalue weighted by molar-refractivity contribution is -0.119. The molecule has 0 saturated carbocycles. The van der Waals surface area contributed by atoms with Gasteiger partial charge < -0.3 is 15.7 Å². The van der Waals surface area contributed by atoms with Crippen LogP contribution in [0.15, 0.2) is 42.5 Å². The van der Waals surface area contributed by atoms with E-state index in [1.165, 1.54) is 0 Å². The van der Waals surface area contributed by atoms with Crippen LogP contribution in [0.5, 0.6) is 5.75 Å². The second-order valence-corrected chi connectivity index (χ2v) is 7.58. The van der Waals surface area contributed by atoms with E-state index in [9.17, 15) is 9.90 Å². The van der Waals surface area contributed by atoms with E-state index in [4.69, 9.17) is 23.8 Å². The van der Waals surface area contributed by atoms with Crippen LogP contribution in [0.3, 0.4) is 0 Å². The fraction of sp³-hybridized carbons (Fsp3) is 0.263. The number of aromatic hydroxyl groups is 1. The summed E-state index contributed by atoms with van der Waals surface area (Å²) in [6.07, 6.45) is 0.220. The normalized spacial score (nSPS) is 11.0. The average molecular weight is 377 g/mol. The molecule has 1 amide bonds. The van der Waals surface area contributed by atoms with Gasteiger partial charge in [0.15, 0.2) is 10.9 Å². The van der Waals surface area contributed by atoms with Crippen LogP contribution >= 0.6 is 23.8 Å². The Morgan fingerprint density at radius 1 is 1.20 bits per heavy atom. The summed E-state index contributed by atoms with van der Waals surface area (Å²) in [5.41, 5.74) is 2.05. The van der Waals surface area contributed by atoms with E-state index in [2.05, 4.69) is 10.6 Å². The molecular weight excluding hydrogens is 356 g/mol. The Bertz CT molecular complexity index is 786. The van der Waals surface area contributed by atoms with Gasteiger partial charge in [-0.25, -0.2) is 0 Å². The molecule has 0 heterocycles. The van der Waals surface area contributed by atoms with Crippen LogP contribution in [0.25, 0.3) is 0 Å². The summed E-state index contributed by atoms with van der Waals surface area (Å²) in [7, 11) is 0. The van der Waals surface area contributed by atoms with Gasteiger partial charge >= 0.3 is 0 Å². The topological polar surface area (TPSA) is 61.4 Å². The molecule has 0 aromatic heterocycles. The molecule has 0 fully saturated rings. The van der Waals surface area contributed by atoms with Crippen molar-refractivity contribution in [1.82, 2.24) is 5.32 Å². The zero-order valence-corrected chi connectivity index (χ0v) is 16.0. The van der Waals surface area contributed by atoms with Crippen LogP contribution < -0.4 is 10.6 Å². The largest absolute Gasteiger partial charge is 0.504 e. The van der Waals surface area contributed by atoms with Gasteiger partial charge in [0.2, 0.25) is 5.91 Å². The monoisotopic (exact) mass is 376 g/mol. The third-order valence-electron chi connectivity index (χ3n) is 3.64. The first-order valence-electron chi connectivity index (χ1n) is 7.84. The molecule has 3 N–H and O–H groups in total. The summed E-state index contributed by atoms with van der Waals surface area (Å²) < 4.78 is 0. The standard InChI is InChI=1S/C19H21ClN2O2S/c1-19(2,3)13-10-14(20)17(24)15(11-13)21-18(25)22-16(23)9-12-7-5-4-6-8-12/h4-8,10-11,24H,9H2,1-3H3,(H2,21,22,23,25). The molecule has 0 unspecified atom stereocenters. The van der Waals surface area contributed by atoms with Crippen LogP contribution in [-0.2, 0) is 16.6 Å². The number of nitrogens with one attached hydrogen (secondary N) is 2. The van der Waals surface area contributed by atoms with Gasteiger partial charge in [0, 0.05) is 0 Å². The number of rotatable bonds is 3. The van der Waals surface area contributed by atoms with E-state index < -0.39 is 0 Å². The molecule has 0 aliphatic carbocycles. The molecule has 0 bridgehead atoms. The second-order valence-electron chi connectivity index (χ2n) is 6.77. The first-order valence-corrected chi connectivity index (χ1v) is 8.63. The Kier molecular flexibility index (Phi) is 6.03. The SMILES string of the molecule is CC(C)(C)c1cc(Cl)c(O)c(NC(=S)NC(=O)Cc2ccccc2)c1. The van der Waals surface area contributed by atoms with Crippen LogP contribution in [0, 0.1) is 0 Å². The maximum atomic E-state index is 12.1. The number of carbonyl (C=O) groups excluding carboxylic acids is 1. The third kappa shape index (κ3) is 5.44. The van der Waals surface area contributed by atoms with Gasteiger partial charge in [-0.3, -0.25) is 4.79 Å².